The van der Waals surface area contributed by atoms with E-state index in [2.05, 4.69) is 0 Å². The highest BCUT2D eigenvalue weighted by Gasteiger charge is 2.40. The van der Waals surface area contributed by atoms with Crippen molar-refractivity contribution in [3.05, 3.63) is 82.7 Å². The lowest BCUT2D eigenvalue weighted by molar-refractivity contribution is -0.170. The minimum absolute atomic E-state index is 0.213. The second-order valence-electron chi connectivity index (χ2n) is 7.02. The van der Waals surface area contributed by atoms with Crippen molar-refractivity contribution >= 4 is 40.9 Å². The maximum Gasteiger partial charge on any atom is 0.336 e. The molecular formula is C24H22O11. The second-order valence-corrected chi connectivity index (χ2v) is 7.02. The third-order valence-corrected chi connectivity index (χ3v) is 4.17. The fraction of sp³-hybridized carbons (Fsp3) is 0.167. The monoisotopic (exact) mass is 486 g/mol. The molecule has 0 saturated heterocycles. The van der Waals surface area contributed by atoms with Crippen LogP contribution in [0.2, 0.25) is 0 Å². The van der Waals surface area contributed by atoms with Crippen LogP contribution in [0.5, 0.6) is 0 Å². The molecule has 0 aliphatic rings. The van der Waals surface area contributed by atoms with Crippen LogP contribution in [-0.2, 0) is 30.4 Å². The summed E-state index contributed by atoms with van der Waals surface area (Å²) >= 11 is 0. The number of aldehydes is 1. The van der Waals surface area contributed by atoms with Gasteiger partial charge < -0.3 is 24.8 Å². The van der Waals surface area contributed by atoms with Gasteiger partial charge in [-0.1, -0.05) is 48.5 Å². The smallest absolute Gasteiger partial charge is 0.336 e. The van der Waals surface area contributed by atoms with Crippen molar-refractivity contribution in [2.75, 3.05) is 0 Å². The van der Waals surface area contributed by atoms with Crippen LogP contribution < -0.4 is 5.63 Å². The maximum atomic E-state index is 10.7. The Hall–Kier alpha value is -4.64. The van der Waals surface area contributed by atoms with Gasteiger partial charge in [-0.15, -0.1) is 0 Å². The van der Waals surface area contributed by atoms with Gasteiger partial charge in [0.2, 0.25) is 0 Å². The predicted octanol–water partition coefficient (Wildman–Crippen LogP) is 1.54. The van der Waals surface area contributed by atoms with Gasteiger partial charge in [-0.05, 0) is 17.7 Å². The van der Waals surface area contributed by atoms with Gasteiger partial charge in [-0.2, -0.15) is 0 Å². The number of hydrogen-bond donors (Lipinski definition) is 4. The number of carbonyl (C=O) groups is 5. The van der Waals surface area contributed by atoms with E-state index in [-0.39, 0.29) is 17.8 Å². The molecule has 0 spiro atoms. The Kier molecular flexibility index (Phi) is 11.2. The molecular weight excluding hydrogens is 464 g/mol. The number of fused-ring (bicyclic) bond motifs is 1. The summed E-state index contributed by atoms with van der Waals surface area (Å²) in [7, 11) is 0. The molecule has 184 valence electrons. The topological polar surface area (TPSA) is 196 Å². The van der Waals surface area contributed by atoms with Gasteiger partial charge >= 0.3 is 23.5 Å². The number of aliphatic hydroxyl groups is 1. The zero-order valence-corrected chi connectivity index (χ0v) is 18.2. The number of carbonyl (C=O) groups excluding carboxylic acids is 2. The highest BCUT2D eigenvalue weighted by molar-refractivity contribution is 6.25. The second kappa shape index (κ2) is 13.8. The number of hydrogen-bond acceptors (Lipinski definition) is 8. The molecule has 0 fully saturated rings. The average Bonchev–Trinajstić information content (AvgIpc) is 2.79. The van der Waals surface area contributed by atoms with Crippen LogP contribution in [0.1, 0.15) is 18.4 Å². The number of carboxylic acid groups (broad SMARTS) is 3. The lowest BCUT2D eigenvalue weighted by Crippen LogP contribution is -2.42. The zero-order valence-electron chi connectivity index (χ0n) is 18.2. The summed E-state index contributed by atoms with van der Waals surface area (Å²) in [5.41, 5.74) is -1.52. The Bertz CT molecular complexity index is 1210. The van der Waals surface area contributed by atoms with Crippen LogP contribution in [0, 0.1) is 0 Å². The van der Waals surface area contributed by atoms with Crippen LogP contribution in [0.3, 0.4) is 0 Å². The van der Waals surface area contributed by atoms with E-state index >= 15 is 0 Å². The Labute approximate surface area is 197 Å². The zero-order chi connectivity index (χ0) is 26.4. The number of Topliss-reactive ketones (excluding diaryl/α,β-unsaturated/α-hetero) is 1. The highest BCUT2D eigenvalue weighted by Crippen LogP contribution is 2.15. The molecule has 2 aromatic carbocycles. The van der Waals surface area contributed by atoms with Crippen LogP contribution in [0.15, 0.2) is 75.9 Å². The standard InChI is InChI=1S/C9H6O2.C9H8O2.C6H8O7/c10-9-6-5-7-3-1-2-4-8(7)11-9;10-7-9(11)6-8-4-2-1-3-5-8;7-3(8)1-6(13,5(11)12)2-4(9)10/h1-6H;1-5,7H,6H2;13H,1-2H2,(H,7,8)(H,9,10)(H,11,12). The molecule has 4 N–H and O–H groups in total. The average molecular weight is 486 g/mol. The van der Waals surface area contributed by atoms with E-state index in [1.165, 1.54) is 6.07 Å². The largest absolute Gasteiger partial charge is 0.481 e. The molecule has 11 heteroatoms. The van der Waals surface area contributed by atoms with Crippen LogP contribution in [0.4, 0.5) is 0 Å². The molecule has 0 atom stereocenters. The Morgan fingerprint density at radius 1 is 0.800 bits per heavy atom. The predicted molar refractivity (Wildman–Crippen MR) is 121 cm³/mol. The number of ketones is 1. The number of rotatable bonds is 8. The van der Waals surface area contributed by atoms with Crippen molar-refractivity contribution in [2.24, 2.45) is 0 Å². The molecule has 35 heavy (non-hydrogen) atoms. The van der Waals surface area contributed by atoms with Gasteiger partial charge in [0.05, 0.1) is 12.8 Å². The van der Waals surface area contributed by atoms with Crippen molar-refractivity contribution in [2.45, 2.75) is 24.9 Å². The molecule has 0 saturated carbocycles. The molecule has 0 amide bonds. The Balaban J connectivity index is 0.000000263. The molecule has 3 rings (SSSR count). The fourth-order valence-electron chi connectivity index (χ4n) is 2.56. The lowest BCUT2D eigenvalue weighted by atomic mass is 9.96. The van der Waals surface area contributed by atoms with E-state index in [9.17, 15) is 28.8 Å². The Morgan fingerprint density at radius 2 is 1.34 bits per heavy atom. The van der Waals surface area contributed by atoms with E-state index in [0.29, 0.717) is 11.9 Å². The van der Waals surface area contributed by atoms with Gasteiger partial charge in [0.1, 0.15) is 5.58 Å². The van der Waals surface area contributed by atoms with E-state index in [4.69, 9.17) is 24.8 Å². The molecule has 3 aromatic rings. The van der Waals surface area contributed by atoms with Crippen molar-refractivity contribution in [1.29, 1.82) is 0 Å². The van der Waals surface area contributed by atoms with Crippen LogP contribution >= 0.6 is 0 Å². The minimum atomic E-state index is -2.74. The Morgan fingerprint density at radius 3 is 1.86 bits per heavy atom. The first-order chi connectivity index (χ1) is 16.5. The van der Waals surface area contributed by atoms with E-state index in [1.807, 2.05) is 48.5 Å². The highest BCUT2D eigenvalue weighted by atomic mass is 16.4. The van der Waals surface area contributed by atoms with Crippen molar-refractivity contribution in [3.63, 3.8) is 0 Å². The molecule has 1 heterocycles. The van der Waals surface area contributed by atoms with E-state index < -0.39 is 36.4 Å². The summed E-state index contributed by atoms with van der Waals surface area (Å²) < 4.78 is 4.91. The summed E-state index contributed by atoms with van der Waals surface area (Å²) in [4.78, 5) is 61.8. The van der Waals surface area contributed by atoms with Gasteiger partial charge in [-0.3, -0.25) is 19.2 Å². The summed E-state index contributed by atoms with van der Waals surface area (Å²) in [5, 5.41) is 34.8. The summed E-state index contributed by atoms with van der Waals surface area (Å²) in [6.07, 6.45) is -1.72. The quantitative estimate of drug-likeness (QED) is 0.205. The van der Waals surface area contributed by atoms with Crippen molar-refractivity contribution in [1.82, 2.24) is 0 Å². The third kappa shape index (κ3) is 10.7. The normalized spacial score (nSPS) is 10.1. The van der Waals surface area contributed by atoms with E-state index in [1.54, 1.807) is 12.1 Å². The van der Waals surface area contributed by atoms with Crippen LogP contribution in [0.25, 0.3) is 11.0 Å². The van der Waals surface area contributed by atoms with Gasteiger partial charge in [0.25, 0.3) is 0 Å². The molecule has 0 radical (unpaired) electrons. The number of carboxylic acids is 3. The molecule has 0 aliphatic heterocycles. The first-order valence-corrected chi connectivity index (χ1v) is 9.87. The first kappa shape index (κ1) is 28.4. The van der Waals surface area contributed by atoms with E-state index in [0.717, 1.165) is 10.9 Å². The lowest BCUT2D eigenvalue weighted by Gasteiger charge is -2.18. The molecule has 0 bridgehead atoms. The SMILES string of the molecule is O=C(O)CC(O)(CC(=O)O)C(=O)O.O=CC(=O)Cc1ccccc1.O=c1ccc2ccccc2o1. The molecule has 11 nitrogen and oxygen atoms in total. The summed E-state index contributed by atoms with van der Waals surface area (Å²) in [5.74, 6) is -5.40. The first-order valence-electron chi connectivity index (χ1n) is 9.87. The number of para-hydroxylation sites is 1. The third-order valence-electron chi connectivity index (χ3n) is 4.17. The van der Waals surface area contributed by atoms with Gasteiger partial charge in [-0.25, -0.2) is 9.59 Å². The van der Waals surface area contributed by atoms with Gasteiger partial charge in [0.15, 0.2) is 17.7 Å². The fourth-order valence-corrected chi connectivity index (χ4v) is 2.56. The minimum Gasteiger partial charge on any atom is -0.481 e. The summed E-state index contributed by atoms with van der Waals surface area (Å²) in [6.45, 7) is 0. The molecule has 1 aromatic heterocycles. The van der Waals surface area contributed by atoms with Crippen molar-refractivity contribution in [3.8, 4) is 0 Å². The molecule has 0 unspecified atom stereocenters. The number of aliphatic carboxylic acids is 3. The van der Waals surface area contributed by atoms with Gasteiger partial charge in [0, 0.05) is 17.9 Å². The van der Waals surface area contributed by atoms with Crippen LogP contribution in [-0.4, -0.2) is 56.0 Å². The molecule has 0 aliphatic carbocycles. The summed E-state index contributed by atoms with van der Waals surface area (Å²) in [6, 6.07) is 19.8. The van der Waals surface area contributed by atoms with Crippen molar-refractivity contribution < 1.29 is 48.8 Å². The number of benzene rings is 2. The maximum absolute atomic E-state index is 10.7.